The minimum Gasteiger partial charge on any atom is -0.478 e. The van der Waals surface area contributed by atoms with Crippen molar-refractivity contribution in [2.75, 3.05) is 12.3 Å². The number of carbonyl (C=O) groups excluding carboxylic acids is 1. The summed E-state index contributed by atoms with van der Waals surface area (Å²) < 4.78 is 13.1. The number of hydrogen-bond donors (Lipinski definition) is 2. The minimum absolute atomic E-state index is 0.115. The van der Waals surface area contributed by atoms with Gasteiger partial charge in [-0.15, -0.1) is 11.8 Å². The summed E-state index contributed by atoms with van der Waals surface area (Å²) in [5.74, 6) is -1.55. The highest BCUT2D eigenvalue weighted by molar-refractivity contribution is 7.99. The van der Waals surface area contributed by atoms with E-state index in [1.54, 1.807) is 0 Å². The summed E-state index contributed by atoms with van der Waals surface area (Å²) in [6, 6.07) is 3.93. The summed E-state index contributed by atoms with van der Waals surface area (Å²) in [4.78, 5) is 21.9. The molecule has 0 unspecified atom stereocenters. The zero-order chi connectivity index (χ0) is 12.8. The van der Waals surface area contributed by atoms with Crippen molar-refractivity contribution < 1.29 is 19.1 Å². The minimum atomic E-state index is -1.29. The molecule has 6 heteroatoms. The number of thioether (sulfide) groups is 1. The van der Waals surface area contributed by atoms with Crippen LogP contribution in [-0.4, -0.2) is 29.3 Å². The number of nitrogens with one attached hydrogen (secondary N) is 1. The number of carbonyl (C=O) groups is 2. The van der Waals surface area contributed by atoms with E-state index >= 15 is 0 Å². The van der Waals surface area contributed by atoms with Gasteiger partial charge in [0.1, 0.15) is 5.82 Å². The van der Waals surface area contributed by atoms with Crippen LogP contribution in [0.5, 0.6) is 0 Å². The number of benzene rings is 1. The topological polar surface area (TPSA) is 66.4 Å². The maximum Gasteiger partial charge on any atom is 0.338 e. The molecule has 1 rings (SSSR count). The van der Waals surface area contributed by atoms with Crippen LogP contribution < -0.4 is 5.32 Å². The third-order valence-electron chi connectivity index (χ3n) is 1.91. The van der Waals surface area contributed by atoms with Gasteiger partial charge in [0.05, 0.1) is 5.56 Å². The fourth-order valence-electron chi connectivity index (χ4n) is 1.15. The maximum absolute atomic E-state index is 13.1. The monoisotopic (exact) mass is 257 g/mol. The fourth-order valence-corrected chi connectivity index (χ4v) is 1.96. The Morgan fingerprint density at radius 2 is 2.18 bits per heavy atom. The number of aromatic carboxylic acids is 1. The molecule has 0 aliphatic heterocycles. The summed E-state index contributed by atoms with van der Waals surface area (Å²) in [7, 11) is 0. The third kappa shape index (κ3) is 4.44. The van der Waals surface area contributed by atoms with Crippen molar-refractivity contribution in [3.63, 3.8) is 0 Å². The number of carboxylic acid groups (broad SMARTS) is 1. The lowest BCUT2D eigenvalue weighted by atomic mass is 10.2. The summed E-state index contributed by atoms with van der Waals surface area (Å²) >= 11 is 1.36. The smallest absolute Gasteiger partial charge is 0.338 e. The predicted molar refractivity (Wildman–Crippen MR) is 62.8 cm³/mol. The Balaban J connectivity index is 2.57. The highest BCUT2D eigenvalue weighted by Crippen LogP contribution is 2.20. The molecule has 17 heavy (non-hydrogen) atoms. The van der Waals surface area contributed by atoms with Crippen molar-refractivity contribution in [3.8, 4) is 0 Å². The normalized spacial score (nSPS) is 10.0. The van der Waals surface area contributed by atoms with Crippen LogP contribution in [0.3, 0.4) is 0 Å². The Morgan fingerprint density at radius 1 is 1.47 bits per heavy atom. The standard InChI is InChI=1S/C11H12FNO3S/c1-7(14)13-4-5-17-8-2-3-10(12)9(6-8)11(15)16/h2-3,6H,4-5H2,1H3,(H,13,14)(H,15,16). The van der Waals surface area contributed by atoms with Crippen molar-refractivity contribution in [3.05, 3.63) is 29.6 Å². The van der Waals surface area contributed by atoms with Crippen molar-refractivity contribution in [2.45, 2.75) is 11.8 Å². The van der Waals surface area contributed by atoms with Gasteiger partial charge >= 0.3 is 5.97 Å². The van der Waals surface area contributed by atoms with Crippen molar-refractivity contribution in [1.29, 1.82) is 0 Å². The molecule has 0 aliphatic rings. The number of carboxylic acids is 1. The highest BCUT2D eigenvalue weighted by atomic mass is 32.2. The number of hydrogen-bond acceptors (Lipinski definition) is 3. The molecule has 0 radical (unpaired) electrons. The average molecular weight is 257 g/mol. The van der Waals surface area contributed by atoms with Crippen LogP contribution in [0.2, 0.25) is 0 Å². The van der Waals surface area contributed by atoms with Crippen molar-refractivity contribution in [1.82, 2.24) is 5.32 Å². The molecule has 2 N–H and O–H groups in total. The first kappa shape index (κ1) is 13.5. The lowest BCUT2D eigenvalue weighted by molar-refractivity contribution is -0.118. The van der Waals surface area contributed by atoms with Crippen molar-refractivity contribution in [2.24, 2.45) is 0 Å². The lowest BCUT2D eigenvalue weighted by Gasteiger charge is -2.04. The first-order valence-corrected chi connectivity index (χ1v) is 5.89. The average Bonchev–Trinajstić information content (AvgIpc) is 2.25. The number of halogens is 1. The SMILES string of the molecule is CC(=O)NCCSc1ccc(F)c(C(=O)O)c1. The summed E-state index contributed by atoms with van der Waals surface area (Å²) in [5, 5.41) is 11.3. The van der Waals surface area contributed by atoms with E-state index in [1.165, 1.54) is 30.8 Å². The highest BCUT2D eigenvalue weighted by Gasteiger charge is 2.10. The van der Waals surface area contributed by atoms with Gasteiger partial charge in [-0.25, -0.2) is 9.18 Å². The van der Waals surface area contributed by atoms with Gasteiger partial charge in [-0.3, -0.25) is 4.79 Å². The zero-order valence-electron chi connectivity index (χ0n) is 9.20. The lowest BCUT2D eigenvalue weighted by Crippen LogP contribution is -2.22. The second-order valence-corrected chi connectivity index (χ2v) is 4.45. The van der Waals surface area contributed by atoms with Gasteiger partial charge < -0.3 is 10.4 Å². The van der Waals surface area contributed by atoms with E-state index in [2.05, 4.69) is 5.32 Å². The van der Waals surface area contributed by atoms with Crippen LogP contribution in [0.25, 0.3) is 0 Å². The Morgan fingerprint density at radius 3 is 2.76 bits per heavy atom. The van der Waals surface area contributed by atoms with Crippen molar-refractivity contribution >= 4 is 23.6 Å². The van der Waals surface area contributed by atoms with E-state index < -0.39 is 11.8 Å². The zero-order valence-corrected chi connectivity index (χ0v) is 10.0. The number of amides is 1. The quantitative estimate of drug-likeness (QED) is 0.623. The number of rotatable bonds is 5. The van der Waals surface area contributed by atoms with Gasteiger partial charge in [-0.05, 0) is 18.2 Å². The molecule has 0 spiro atoms. The van der Waals surface area contributed by atoms with Gasteiger partial charge in [0.2, 0.25) is 5.91 Å². The molecule has 4 nitrogen and oxygen atoms in total. The molecule has 0 bridgehead atoms. The first-order chi connectivity index (χ1) is 8.00. The molecule has 1 aromatic rings. The molecule has 0 atom stereocenters. The van der Waals surface area contributed by atoms with Gasteiger partial charge in [-0.2, -0.15) is 0 Å². The van der Waals surface area contributed by atoms with Crippen LogP contribution in [0.4, 0.5) is 4.39 Å². The molecule has 0 saturated heterocycles. The van der Waals surface area contributed by atoms with Crippen LogP contribution in [0.1, 0.15) is 17.3 Å². The molecular formula is C11H12FNO3S. The van der Waals surface area contributed by atoms with Crippen LogP contribution in [0.15, 0.2) is 23.1 Å². The van der Waals surface area contributed by atoms with Crippen LogP contribution in [0, 0.1) is 5.82 Å². The molecule has 1 aromatic carbocycles. The summed E-state index contributed by atoms with van der Waals surface area (Å²) in [5.41, 5.74) is -0.338. The van der Waals surface area contributed by atoms with E-state index in [9.17, 15) is 14.0 Å². The Hall–Kier alpha value is -1.56. The van der Waals surface area contributed by atoms with Gasteiger partial charge in [0, 0.05) is 24.1 Å². The molecule has 1 amide bonds. The van der Waals surface area contributed by atoms with E-state index in [0.717, 1.165) is 6.07 Å². The third-order valence-corrected chi connectivity index (χ3v) is 2.91. The maximum atomic E-state index is 13.1. The first-order valence-electron chi connectivity index (χ1n) is 4.91. The van der Waals surface area contributed by atoms with E-state index in [1.807, 2.05) is 0 Å². The van der Waals surface area contributed by atoms with Crippen LogP contribution >= 0.6 is 11.8 Å². The van der Waals surface area contributed by atoms with E-state index in [0.29, 0.717) is 17.2 Å². The Labute approximate surface area is 102 Å². The molecule has 0 heterocycles. The van der Waals surface area contributed by atoms with Gasteiger partial charge in [-0.1, -0.05) is 0 Å². The van der Waals surface area contributed by atoms with E-state index in [4.69, 9.17) is 5.11 Å². The fraction of sp³-hybridized carbons (Fsp3) is 0.273. The molecule has 0 aromatic heterocycles. The Bertz CT molecular complexity index is 437. The van der Waals surface area contributed by atoms with Gasteiger partial charge in [0.25, 0.3) is 0 Å². The molecular weight excluding hydrogens is 245 g/mol. The second kappa shape index (κ2) is 6.24. The molecule has 0 aliphatic carbocycles. The predicted octanol–water partition coefficient (Wildman–Crippen LogP) is 1.75. The summed E-state index contributed by atoms with van der Waals surface area (Å²) in [6.45, 7) is 1.91. The molecule has 92 valence electrons. The Kier molecular flexibility index (Phi) is 4.96. The molecule has 0 fully saturated rings. The second-order valence-electron chi connectivity index (χ2n) is 3.28. The van der Waals surface area contributed by atoms with Crippen LogP contribution in [-0.2, 0) is 4.79 Å². The van der Waals surface area contributed by atoms with E-state index in [-0.39, 0.29) is 11.5 Å². The largest absolute Gasteiger partial charge is 0.478 e. The van der Waals surface area contributed by atoms with Gasteiger partial charge in [0.15, 0.2) is 0 Å². The summed E-state index contributed by atoms with van der Waals surface area (Å²) in [6.07, 6.45) is 0. The molecule has 0 saturated carbocycles.